The van der Waals surface area contributed by atoms with Crippen LogP contribution in [-0.4, -0.2) is 5.91 Å². The van der Waals surface area contributed by atoms with E-state index in [4.69, 9.17) is 0 Å². The number of carbonyl (C=O) groups is 1. The van der Waals surface area contributed by atoms with Crippen LogP contribution < -0.4 is 5.32 Å². The molecule has 0 atom stereocenters. The lowest BCUT2D eigenvalue weighted by Crippen LogP contribution is -2.10. The van der Waals surface area contributed by atoms with Gasteiger partial charge in [-0.15, -0.1) is 11.3 Å². The summed E-state index contributed by atoms with van der Waals surface area (Å²) in [6.45, 7) is 4.10. The molecule has 3 heteroatoms. The van der Waals surface area contributed by atoms with Crippen molar-refractivity contribution in [2.45, 2.75) is 46.0 Å². The highest BCUT2D eigenvalue weighted by Gasteiger charge is 2.16. The Morgan fingerprint density at radius 1 is 1.00 bits per heavy atom. The summed E-state index contributed by atoms with van der Waals surface area (Å²) in [4.78, 5) is 14.7. The molecule has 1 amide bonds. The number of nitrogens with one attached hydrogen (secondary N) is 1. The molecule has 2 aromatic rings. The van der Waals surface area contributed by atoms with E-state index < -0.39 is 0 Å². The van der Waals surface area contributed by atoms with Gasteiger partial charge in [-0.05, 0) is 74.4 Å². The van der Waals surface area contributed by atoms with E-state index in [1.54, 1.807) is 11.3 Å². The zero-order chi connectivity index (χ0) is 14.8. The van der Waals surface area contributed by atoms with E-state index in [9.17, 15) is 4.79 Å². The predicted molar refractivity (Wildman–Crippen MR) is 89.4 cm³/mol. The van der Waals surface area contributed by atoms with Crippen molar-refractivity contribution < 1.29 is 4.79 Å². The van der Waals surface area contributed by atoms with E-state index in [-0.39, 0.29) is 5.91 Å². The zero-order valence-corrected chi connectivity index (χ0v) is 13.5. The van der Waals surface area contributed by atoms with Crippen LogP contribution in [0.2, 0.25) is 0 Å². The summed E-state index contributed by atoms with van der Waals surface area (Å²) in [7, 11) is 0. The lowest BCUT2D eigenvalue weighted by atomic mass is 10.1. The number of benzene rings is 1. The number of carbonyl (C=O) groups excluding carboxylic acids is 1. The van der Waals surface area contributed by atoms with Crippen LogP contribution in [0.5, 0.6) is 0 Å². The molecule has 0 bridgehead atoms. The third kappa shape index (κ3) is 3.35. The molecule has 0 saturated heterocycles. The van der Waals surface area contributed by atoms with Gasteiger partial charge in [-0.2, -0.15) is 0 Å². The topological polar surface area (TPSA) is 29.1 Å². The van der Waals surface area contributed by atoms with Crippen LogP contribution in [0.4, 0.5) is 5.69 Å². The molecule has 3 rings (SSSR count). The molecule has 1 N–H and O–H groups in total. The third-order valence-corrected chi connectivity index (χ3v) is 5.19. The monoisotopic (exact) mass is 299 g/mol. The molecule has 0 saturated carbocycles. The fourth-order valence-corrected chi connectivity index (χ4v) is 4.17. The number of thiophene rings is 1. The minimum Gasteiger partial charge on any atom is -0.321 e. The van der Waals surface area contributed by atoms with Gasteiger partial charge in [-0.3, -0.25) is 4.79 Å². The number of hydrogen-bond acceptors (Lipinski definition) is 2. The fourth-order valence-electron chi connectivity index (χ4n) is 3.02. The first-order valence-electron chi connectivity index (χ1n) is 7.63. The van der Waals surface area contributed by atoms with Crippen LogP contribution in [0.3, 0.4) is 0 Å². The van der Waals surface area contributed by atoms with Crippen LogP contribution in [0, 0.1) is 13.8 Å². The van der Waals surface area contributed by atoms with Gasteiger partial charge in [0, 0.05) is 10.6 Å². The molecule has 21 heavy (non-hydrogen) atoms. The van der Waals surface area contributed by atoms with Crippen molar-refractivity contribution in [1.82, 2.24) is 0 Å². The Morgan fingerprint density at radius 3 is 2.48 bits per heavy atom. The SMILES string of the molecule is Cc1cc(C)cc(NC(=O)c2cc3c(s2)CCCCC3)c1. The maximum atomic E-state index is 12.4. The van der Waals surface area contributed by atoms with E-state index in [0.29, 0.717) is 0 Å². The first kappa shape index (κ1) is 14.3. The molecule has 0 spiro atoms. The second-order valence-corrected chi connectivity index (χ2v) is 7.09. The predicted octanol–water partition coefficient (Wildman–Crippen LogP) is 4.89. The first-order valence-corrected chi connectivity index (χ1v) is 8.45. The molecule has 0 aliphatic heterocycles. The summed E-state index contributed by atoms with van der Waals surface area (Å²) >= 11 is 1.67. The summed E-state index contributed by atoms with van der Waals surface area (Å²) < 4.78 is 0. The number of amides is 1. The Bertz CT molecular complexity index is 628. The molecule has 1 aromatic carbocycles. The first-order chi connectivity index (χ1) is 10.1. The molecule has 1 aliphatic carbocycles. The zero-order valence-electron chi connectivity index (χ0n) is 12.7. The summed E-state index contributed by atoms with van der Waals surface area (Å²) in [6.07, 6.45) is 6.08. The van der Waals surface area contributed by atoms with Crippen molar-refractivity contribution in [3.63, 3.8) is 0 Å². The number of fused-ring (bicyclic) bond motifs is 1. The third-order valence-electron chi connectivity index (χ3n) is 3.95. The van der Waals surface area contributed by atoms with Crippen LogP contribution in [-0.2, 0) is 12.8 Å². The van der Waals surface area contributed by atoms with Crippen molar-refractivity contribution in [1.29, 1.82) is 0 Å². The lowest BCUT2D eigenvalue weighted by Gasteiger charge is -2.06. The lowest BCUT2D eigenvalue weighted by molar-refractivity contribution is 0.103. The molecule has 1 aromatic heterocycles. The van der Waals surface area contributed by atoms with Crippen molar-refractivity contribution in [2.24, 2.45) is 0 Å². The Kier molecular flexibility index (Phi) is 4.11. The van der Waals surface area contributed by atoms with E-state index in [2.05, 4.69) is 31.3 Å². The number of aryl methyl sites for hydroxylation is 4. The molecule has 1 aliphatic rings. The average Bonchev–Trinajstić information content (AvgIpc) is 2.69. The van der Waals surface area contributed by atoms with Gasteiger partial charge in [0.25, 0.3) is 5.91 Å². The van der Waals surface area contributed by atoms with E-state index in [1.165, 1.54) is 40.8 Å². The van der Waals surface area contributed by atoms with Gasteiger partial charge >= 0.3 is 0 Å². The van der Waals surface area contributed by atoms with Gasteiger partial charge in [0.1, 0.15) is 0 Å². The van der Waals surface area contributed by atoms with Crippen molar-refractivity contribution >= 4 is 22.9 Å². The van der Waals surface area contributed by atoms with Crippen LogP contribution in [0.15, 0.2) is 24.3 Å². The van der Waals surface area contributed by atoms with Gasteiger partial charge in [0.15, 0.2) is 0 Å². The van der Waals surface area contributed by atoms with Crippen LogP contribution in [0.25, 0.3) is 0 Å². The van der Waals surface area contributed by atoms with Crippen molar-refractivity contribution in [3.05, 3.63) is 50.7 Å². The van der Waals surface area contributed by atoms with Gasteiger partial charge < -0.3 is 5.32 Å². The highest BCUT2D eigenvalue weighted by Crippen LogP contribution is 2.29. The molecule has 1 heterocycles. The highest BCUT2D eigenvalue weighted by atomic mass is 32.1. The normalized spacial score (nSPS) is 14.4. The molecule has 110 valence electrons. The standard InChI is InChI=1S/C18H21NOS/c1-12-8-13(2)10-15(9-12)19-18(20)17-11-14-6-4-3-5-7-16(14)21-17/h8-11H,3-7H2,1-2H3,(H,19,20). The highest BCUT2D eigenvalue weighted by molar-refractivity contribution is 7.14. The number of rotatable bonds is 2. The van der Waals surface area contributed by atoms with Gasteiger partial charge in [0.2, 0.25) is 0 Å². The van der Waals surface area contributed by atoms with Crippen molar-refractivity contribution in [2.75, 3.05) is 5.32 Å². The average molecular weight is 299 g/mol. The summed E-state index contributed by atoms with van der Waals surface area (Å²) in [5.41, 5.74) is 4.63. The molecule has 0 radical (unpaired) electrons. The maximum Gasteiger partial charge on any atom is 0.265 e. The van der Waals surface area contributed by atoms with E-state index in [0.717, 1.165) is 23.4 Å². The second kappa shape index (κ2) is 6.02. The summed E-state index contributed by atoms with van der Waals surface area (Å²) in [5, 5.41) is 3.04. The minimum atomic E-state index is 0.0260. The summed E-state index contributed by atoms with van der Waals surface area (Å²) in [5.74, 6) is 0.0260. The maximum absolute atomic E-state index is 12.4. The van der Waals surface area contributed by atoms with Gasteiger partial charge in [-0.25, -0.2) is 0 Å². The largest absolute Gasteiger partial charge is 0.321 e. The van der Waals surface area contributed by atoms with E-state index in [1.807, 2.05) is 12.1 Å². The molecule has 0 unspecified atom stereocenters. The molecule has 0 fully saturated rings. The quantitative estimate of drug-likeness (QED) is 0.786. The number of hydrogen-bond donors (Lipinski definition) is 1. The van der Waals surface area contributed by atoms with Crippen molar-refractivity contribution in [3.8, 4) is 0 Å². The second-order valence-electron chi connectivity index (χ2n) is 5.95. The number of anilines is 1. The molecular formula is C18H21NOS. The van der Waals surface area contributed by atoms with Crippen LogP contribution >= 0.6 is 11.3 Å². The Morgan fingerprint density at radius 2 is 1.71 bits per heavy atom. The van der Waals surface area contributed by atoms with Crippen LogP contribution in [0.1, 0.15) is 50.5 Å². The summed E-state index contributed by atoms with van der Waals surface area (Å²) in [6, 6.07) is 8.25. The fraction of sp³-hybridized carbons (Fsp3) is 0.389. The van der Waals surface area contributed by atoms with Gasteiger partial charge in [0.05, 0.1) is 4.88 Å². The minimum absolute atomic E-state index is 0.0260. The van der Waals surface area contributed by atoms with E-state index >= 15 is 0 Å². The Labute approximate surface area is 130 Å². The molecule has 2 nitrogen and oxygen atoms in total. The van der Waals surface area contributed by atoms with Gasteiger partial charge in [-0.1, -0.05) is 12.5 Å². The Balaban J connectivity index is 1.79. The Hall–Kier alpha value is -1.61. The smallest absolute Gasteiger partial charge is 0.265 e. The molecular weight excluding hydrogens is 278 g/mol.